The zero-order chi connectivity index (χ0) is 10.1. The molecule has 0 unspecified atom stereocenters. The van der Waals surface area contributed by atoms with E-state index >= 15 is 0 Å². The molecule has 0 fully saturated rings. The van der Waals surface area contributed by atoms with E-state index in [1.807, 2.05) is 19.1 Å². The third kappa shape index (κ3) is 1.38. The summed E-state index contributed by atoms with van der Waals surface area (Å²) < 4.78 is 1.21. The normalized spacial score (nSPS) is 12.2. The van der Waals surface area contributed by atoms with Crippen LogP contribution in [0, 0.1) is 6.92 Å². The predicted molar refractivity (Wildman–Crippen MR) is 63.8 cm³/mol. The summed E-state index contributed by atoms with van der Waals surface area (Å²) in [5.41, 5.74) is 1.04. The molecular formula is C12H11NS. The fraction of sp³-hybridized carbons (Fsp3) is 0.0833. The summed E-state index contributed by atoms with van der Waals surface area (Å²) in [7, 11) is 0. The van der Waals surface area contributed by atoms with Gasteiger partial charge in [-0.05, 0) is 18.2 Å². The second kappa shape index (κ2) is 3.39. The number of aromatic nitrogens is 1. The molecule has 2 rings (SSSR count). The molecule has 1 nitrogen and oxygen atoms in total. The molecule has 0 aliphatic rings. The van der Waals surface area contributed by atoms with E-state index in [9.17, 15) is 0 Å². The minimum atomic E-state index is 1.00. The number of aryl methyl sites for hydroxylation is 1. The highest BCUT2D eigenvalue weighted by molar-refractivity contribution is 7.18. The van der Waals surface area contributed by atoms with Crippen molar-refractivity contribution >= 4 is 34.2 Å². The highest BCUT2D eigenvalue weighted by atomic mass is 32.1. The van der Waals surface area contributed by atoms with Crippen LogP contribution >= 0.6 is 11.3 Å². The molecule has 0 amide bonds. The van der Waals surface area contributed by atoms with E-state index in [1.165, 1.54) is 4.70 Å². The van der Waals surface area contributed by atoms with Gasteiger partial charge in [-0.1, -0.05) is 31.4 Å². The van der Waals surface area contributed by atoms with Crippen LogP contribution in [0.25, 0.3) is 22.9 Å². The van der Waals surface area contributed by atoms with Gasteiger partial charge in [0, 0.05) is 5.22 Å². The maximum atomic E-state index is 4.49. The van der Waals surface area contributed by atoms with Crippen molar-refractivity contribution in [3.8, 4) is 0 Å². The van der Waals surface area contributed by atoms with Gasteiger partial charge in [0.15, 0.2) is 0 Å². The molecule has 2 heteroatoms. The average Bonchev–Trinajstić information content (AvgIpc) is 2.51. The minimum absolute atomic E-state index is 1.00. The van der Waals surface area contributed by atoms with Gasteiger partial charge in [-0.15, -0.1) is 11.3 Å². The molecule has 0 saturated carbocycles. The molecule has 2 aromatic rings. The van der Waals surface area contributed by atoms with Crippen LogP contribution in [0.2, 0.25) is 0 Å². The number of thiazole rings is 1. The van der Waals surface area contributed by atoms with Gasteiger partial charge in [0.2, 0.25) is 0 Å². The van der Waals surface area contributed by atoms with Gasteiger partial charge in [0.25, 0.3) is 0 Å². The summed E-state index contributed by atoms with van der Waals surface area (Å²) in [5, 5.41) is 3.17. The van der Waals surface area contributed by atoms with Crippen LogP contribution in [0.1, 0.15) is 5.01 Å². The van der Waals surface area contributed by atoms with E-state index in [2.05, 4.69) is 24.2 Å². The van der Waals surface area contributed by atoms with E-state index in [0.717, 1.165) is 21.0 Å². The standard InChI is InChI=1S/C12H11NS/c1-4-5-10-8(2)6-7-11-12(10)13-9(3)14-11/h4-7H,1-2H2,3H3/b10-5+. The summed E-state index contributed by atoms with van der Waals surface area (Å²) >= 11 is 1.71. The Hall–Kier alpha value is -1.41. The average molecular weight is 201 g/mol. The van der Waals surface area contributed by atoms with Crippen molar-refractivity contribution in [2.45, 2.75) is 6.92 Å². The zero-order valence-corrected chi connectivity index (χ0v) is 8.90. The summed E-state index contributed by atoms with van der Waals surface area (Å²) in [4.78, 5) is 4.49. The Morgan fingerprint density at radius 2 is 2.21 bits per heavy atom. The molecule has 1 aromatic carbocycles. The zero-order valence-electron chi connectivity index (χ0n) is 8.08. The lowest BCUT2D eigenvalue weighted by Gasteiger charge is -1.89. The van der Waals surface area contributed by atoms with E-state index < -0.39 is 0 Å². The highest BCUT2D eigenvalue weighted by Crippen LogP contribution is 2.16. The van der Waals surface area contributed by atoms with Crippen LogP contribution in [-0.4, -0.2) is 4.98 Å². The molecule has 0 bridgehead atoms. The second-order valence-electron chi connectivity index (χ2n) is 3.12. The smallest absolute Gasteiger partial charge is 0.0908 e. The second-order valence-corrected chi connectivity index (χ2v) is 4.36. The van der Waals surface area contributed by atoms with Gasteiger partial charge < -0.3 is 0 Å². The topological polar surface area (TPSA) is 12.9 Å². The number of hydrogen-bond donors (Lipinski definition) is 0. The first-order valence-corrected chi connectivity index (χ1v) is 5.22. The van der Waals surface area contributed by atoms with Crippen molar-refractivity contribution in [2.24, 2.45) is 0 Å². The van der Waals surface area contributed by atoms with E-state index in [-0.39, 0.29) is 0 Å². The van der Waals surface area contributed by atoms with Crippen molar-refractivity contribution in [3.05, 3.63) is 40.2 Å². The fourth-order valence-electron chi connectivity index (χ4n) is 1.47. The Morgan fingerprint density at radius 3 is 2.93 bits per heavy atom. The molecule has 0 saturated heterocycles. The predicted octanol–water partition coefficient (Wildman–Crippen LogP) is 1.98. The van der Waals surface area contributed by atoms with E-state index in [0.29, 0.717) is 0 Å². The van der Waals surface area contributed by atoms with Crippen molar-refractivity contribution in [1.29, 1.82) is 0 Å². The SMILES string of the molecule is C=C/C=c1\c(=C)ccc2sc(C)nc12. The summed E-state index contributed by atoms with van der Waals surface area (Å²) in [6.45, 7) is 9.71. The number of benzene rings is 1. The number of allylic oxidation sites excluding steroid dienone is 1. The third-order valence-corrected chi connectivity index (χ3v) is 3.02. The summed E-state index contributed by atoms with van der Waals surface area (Å²) in [6, 6.07) is 4.10. The van der Waals surface area contributed by atoms with Crippen molar-refractivity contribution in [3.63, 3.8) is 0 Å². The first-order chi connectivity index (χ1) is 6.72. The molecule has 1 aromatic heterocycles. The van der Waals surface area contributed by atoms with Crippen LogP contribution in [0.15, 0.2) is 24.8 Å². The number of rotatable bonds is 1. The molecule has 0 spiro atoms. The number of nitrogens with zero attached hydrogens (tertiary/aromatic N) is 1. The minimum Gasteiger partial charge on any atom is -0.241 e. The first-order valence-electron chi connectivity index (χ1n) is 4.40. The monoisotopic (exact) mass is 201 g/mol. The lowest BCUT2D eigenvalue weighted by atomic mass is 10.2. The molecule has 0 aliphatic heterocycles. The largest absolute Gasteiger partial charge is 0.241 e. The van der Waals surface area contributed by atoms with Gasteiger partial charge in [-0.2, -0.15) is 0 Å². The molecule has 1 heterocycles. The third-order valence-electron chi connectivity index (χ3n) is 2.08. The van der Waals surface area contributed by atoms with Gasteiger partial charge in [-0.25, -0.2) is 4.98 Å². The maximum Gasteiger partial charge on any atom is 0.0908 e. The van der Waals surface area contributed by atoms with Crippen molar-refractivity contribution in [1.82, 2.24) is 4.98 Å². The number of fused-ring (bicyclic) bond motifs is 1. The van der Waals surface area contributed by atoms with E-state index in [1.54, 1.807) is 17.4 Å². The molecule has 14 heavy (non-hydrogen) atoms. The Labute approximate surface area is 86.7 Å². The molecule has 70 valence electrons. The van der Waals surface area contributed by atoms with Crippen LogP contribution in [0.3, 0.4) is 0 Å². The Morgan fingerprint density at radius 1 is 1.43 bits per heavy atom. The molecule has 0 aliphatic carbocycles. The lowest BCUT2D eigenvalue weighted by molar-refractivity contribution is 1.33. The fourth-order valence-corrected chi connectivity index (χ4v) is 2.31. The lowest BCUT2D eigenvalue weighted by Crippen LogP contribution is -2.23. The highest BCUT2D eigenvalue weighted by Gasteiger charge is 2.00. The number of hydrogen-bond acceptors (Lipinski definition) is 2. The molecule has 0 atom stereocenters. The molecule has 0 radical (unpaired) electrons. The van der Waals surface area contributed by atoms with Crippen LogP contribution in [0.5, 0.6) is 0 Å². The van der Waals surface area contributed by atoms with Gasteiger partial charge in [0.05, 0.1) is 15.2 Å². The molecular weight excluding hydrogens is 190 g/mol. The van der Waals surface area contributed by atoms with Gasteiger partial charge >= 0.3 is 0 Å². The van der Waals surface area contributed by atoms with Crippen molar-refractivity contribution in [2.75, 3.05) is 0 Å². The maximum absolute atomic E-state index is 4.49. The molecule has 0 N–H and O–H groups in total. The summed E-state index contributed by atoms with van der Waals surface area (Å²) in [5.74, 6) is 0. The van der Waals surface area contributed by atoms with Crippen LogP contribution < -0.4 is 10.4 Å². The van der Waals surface area contributed by atoms with Crippen LogP contribution in [-0.2, 0) is 0 Å². The van der Waals surface area contributed by atoms with Crippen LogP contribution in [0.4, 0.5) is 0 Å². The van der Waals surface area contributed by atoms with Crippen molar-refractivity contribution < 1.29 is 0 Å². The first kappa shape index (κ1) is 9.16. The van der Waals surface area contributed by atoms with Gasteiger partial charge in [0.1, 0.15) is 0 Å². The Kier molecular flexibility index (Phi) is 2.22. The van der Waals surface area contributed by atoms with E-state index in [4.69, 9.17) is 0 Å². The Bertz CT molecular complexity index is 593. The summed E-state index contributed by atoms with van der Waals surface area (Å²) in [6.07, 6.45) is 3.74. The van der Waals surface area contributed by atoms with Gasteiger partial charge in [-0.3, -0.25) is 0 Å². The Balaban J connectivity index is 3.03. The quantitative estimate of drug-likeness (QED) is 0.687.